The van der Waals surface area contributed by atoms with E-state index < -0.39 is 0 Å². The van der Waals surface area contributed by atoms with Crippen molar-refractivity contribution in [3.05, 3.63) is 67.5 Å². The molecule has 3 aromatic rings. The largest absolute Gasteiger partial charge is 0.361 e. The molecule has 0 radical (unpaired) electrons. The number of nitrogens with one attached hydrogen (secondary N) is 1. The summed E-state index contributed by atoms with van der Waals surface area (Å²) in [6.07, 6.45) is 1.84. The van der Waals surface area contributed by atoms with E-state index in [0.29, 0.717) is 5.02 Å². The van der Waals surface area contributed by atoms with Crippen molar-refractivity contribution in [3.8, 4) is 0 Å². The van der Waals surface area contributed by atoms with Gasteiger partial charge in [-0.2, -0.15) is 0 Å². The molecule has 4 nitrogen and oxygen atoms in total. The van der Waals surface area contributed by atoms with Crippen LogP contribution in [-0.2, 0) is 0 Å². The van der Waals surface area contributed by atoms with E-state index in [-0.39, 0.29) is 17.4 Å². The maximum atomic E-state index is 11.0. The minimum atomic E-state index is -0.270. The third-order valence-corrected chi connectivity index (χ3v) is 4.49. The molecule has 20 heavy (non-hydrogen) atoms. The smallest absolute Gasteiger partial charge is 0.215 e. The Hall–Kier alpha value is -1.85. The first kappa shape index (κ1) is 13.1. The second-order valence-electron chi connectivity index (χ2n) is 4.52. The monoisotopic (exact) mass is 306 g/mol. The van der Waals surface area contributed by atoms with Gasteiger partial charge in [-0.25, -0.2) is 0 Å². The lowest BCUT2D eigenvalue weighted by Gasteiger charge is -2.10. The highest BCUT2D eigenvalue weighted by Gasteiger charge is 2.24. The van der Waals surface area contributed by atoms with Gasteiger partial charge < -0.3 is 4.98 Å². The number of aromatic amines is 1. The van der Waals surface area contributed by atoms with Crippen LogP contribution >= 0.6 is 22.9 Å². The molecule has 3 rings (SSSR count). The van der Waals surface area contributed by atoms with Crippen molar-refractivity contribution in [2.24, 2.45) is 0 Å². The van der Waals surface area contributed by atoms with Crippen LogP contribution in [0.1, 0.15) is 16.4 Å². The van der Waals surface area contributed by atoms with Gasteiger partial charge in [0.25, 0.3) is 0 Å². The maximum absolute atomic E-state index is 11.0. The molecule has 0 aliphatic heterocycles. The van der Waals surface area contributed by atoms with Crippen LogP contribution < -0.4 is 0 Å². The Morgan fingerprint density at radius 3 is 2.95 bits per heavy atom. The zero-order valence-corrected chi connectivity index (χ0v) is 11.9. The Balaban J connectivity index is 2.13. The molecule has 0 aliphatic carbocycles. The Bertz CT molecular complexity index is 752. The SMILES string of the molecule is O=[N+]([O-])C[C@@H](c1cccs1)c1c[nH]c2ccc(Cl)cc12. The average Bonchev–Trinajstić information content (AvgIpc) is 3.05. The van der Waals surface area contributed by atoms with Crippen LogP contribution in [0, 0.1) is 10.1 Å². The van der Waals surface area contributed by atoms with Crippen molar-refractivity contribution in [1.82, 2.24) is 4.98 Å². The number of hydrogen-bond acceptors (Lipinski definition) is 3. The van der Waals surface area contributed by atoms with Gasteiger partial charge in [0.2, 0.25) is 6.54 Å². The molecule has 0 aliphatic rings. The van der Waals surface area contributed by atoms with Crippen LogP contribution in [0.5, 0.6) is 0 Å². The van der Waals surface area contributed by atoms with E-state index in [4.69, 9.17) is 11.6 Å². The van der Waals surface area contributed by atoms with Crippen molar-refractivity contribution < 1.29 is 4.92 Å². The van der Waals surface area contributed by atoms with Crippen LogP contribution in [0.3, 0.4) is 0 Å². The molecule has 0 saturated carbocycles. The average molecular weight is 307 g/mol. The molecule has 2 heterocycles. The number of halogens is 1. The third-order valence-electron chi connectivity index (χ3n) is 3.27. The van der Waals surface area contributed by atoms with Crippen LogP contribution in [0.25, 0.3) is 10.9 Å². The first-order valence-corrected chi connectivity index (χ1v) is 7.32. The summed E-state index contributed by atoms with van der Waals surface area (Å²) in [5.41, 5.74) is 1.86. The molecule has 0 unspecified atom stereocenters. The number of benzene rings is 1. The number of hydrogen-bond donors (Lipinski definition) is 1. The molecule has 0 saturated heterocycles. The van der Waals surface area contributed by atoms with Gasteiger partial charge in [0.15, 0.2) is 0 Å². The highest BCUT2D eigenvalue weighted by atomic mass is 35.5. The van der Waals surface area contributed by atoms with Crippen LogP contribution in [-0.4, -0.2) is 16.5 Å². The van der Waals surface area contributed by atoms with Crippen molar-refractivity contribution in [3.63, 3.8) is 0 Å². The zero-order chi connectivity index (χ0) is 14.1. The number of fused-ring (bicyclic) bond motifs is 1. The van der Waals surface area contributed by atoms with E-state index in [2.05, 4.69) is 4.98 Å². The lowest BCUT2D eigenvalue weighted by Crippen LogP contribution is -2.12. The van der Waals surface area contributed by atoms with Crippen molar-refractivity contribution in [1.29, 1.82) is 0 Å². The molecular formula is C14H11ClN2O2S. The van der Waals surface area contributed by atoms with E-state index in [1.54, 1.807) is 6.07 Å². The Morgan fingerprint density at radius 1 is 1.40 bits per heavy atom. The fourth-order valence-electron chi connectivity index (χ4n) is 2.38. The topological polar surface area (TPSA) is 58.9 Å². The number of aromatic nitrogens is 1. The van der Waals surface area contributed by atoms with E-state index in [1.165, 1.54) is 11.3 Å². The van der Waals surface area contributed by atoms with Gasteiger partial charge in [0, 0.05) is 31.9 Å². The minimum absolute atomic E-state index is 0.125. The summed E-state index contributed by atoms with van der Waals surface area (Å²) in [4.78, 5) is 14.8. The second kappa shape index (κ2) is 5.26. The van der Waals surface area contributed by atoms with Crippen LogP contribution in [0.4, 0.5) is 0 Å². The quantitative estimate of drug-likeness (QED) is 0.577. The first-order chi connectivity index (χ1) is 9.65. The number of rotatable bonds is 4. The summed E-state index contributed by atoms with van der Waals surface area (Å²) in [6.45, 7) is -0.125. The first-order valence-electron chi connectivity index (χ1n) is 6.07. The fraction of sp³-hybridized carbons (Fsp3) is 0.143. The third kappa shape index (κ3) is 2.42. The summed E-state index contributed by atoms with van der Waals surface area (Å²) >= 11 is 7.57. The summed E-state index contributed by atoms with van der Waals surface area (Å²) in [6, 6.07) is 9.39. The summed E-state index contributed by atoms with van der Waals surface area (Å²) < 4.78 is 0. The molecule has 0 fully saturated rings. The lowest BCUT2D eigenvalue weighted by molar-refractivity contribution is -0.481. The normalized spacial score (nSPS) is 12.7. The number of H-pyrrole nitrogens is 1. The second-order valence-corrected chi connectivity index (χ2v) is 5.93. The molecular weight excluding hydrogens is 296 g/mol. The van der Waals surface area contributed by atoms with E-state index >= 15 is 0 Å². The Morgan fingerprint density at radius 2 is 2.25 bits per heavy atom. The molecule has 0 amide bonds. The summed E-state index contributed by atoms with van der Waals surface area (Å²) in [7, 11) is 0. The van der Waals surface area contributed by atoms with Gasteiger partial charge >= 0.3 is 0 Å². The van der Waals surface area contributed by atoms with Gasteiger partial charge in [-0.15, -0.1) is 11.3 Å². The highest BCUT2D eigenvalue weighted by Crippen LogP contribution is 2.34. The number of nitrogens with zero attached hydrogens (tertiary/aromatic N) is 1. The molecule has 0 bridgehead atoms. The molecule has 102 valence electrons. The van der Waals surface area contributed by atoms with Gasteiger partial charge in [-0.1, -0.05) is 17.7 Å². The van der Waals surface area contributed by atoms with E-state index in [0.717, 1.165) is 21.3 Å². The molecule has 1 aromatic carbocycles. The van der Waals surface area contributed by atoms with Gasteiger partial charge in [-0.3, -0.25) is 10.1 Å². The van der Waals surface area contributed by atoms with Gasteiger partial charge in [0.05, 0.1) is 5.92 Å². The van der Waals surface area contributed by atoms with E-state index in [9.17, 15) is 10.1 Å². The minimum Gasteiger partial charge on any atom is -0.361 e. The van der Waals surface area contributed by atoms with Gasteiger partial charge in [0.1, 0.15) is 0 Å². The maximum Gasteiger partial charge on any atom is 0.215 e. The Labute approximate surface area is 124 Å². The van der Waals surface area contributed by atoms with E-state index in [1.807, 2.05) is 35.8 Å². The molecule has 1 atom stereocenters. The summed E-state index contributed by atoms with van der Waals surface area (Å²) in [5, 5.41) is 14.5. The Kier molecular flexibility index (Phi) is 3.46. The molecule has 6 heteroatoms. The van der Waals surface area contributed by atoms with Crippen LogP contribution in [0.15, 0.2) is 41.9 Å². The van der Waals surface area contributed by atoms with Crippen LogP contribution in [0.2, 0.25) is 5.02 Å². The zero-order valence-electron chi connectivity index (χ0n) is 10.4. The lowest BCUT2D eigenvalue weighted by atomic mass is 9.97. The fourth-order valence-corrected chi connectivity index (χ4v) is 3.39. The highest BCUT2D eigenvalue weighted by molar-refractivity contribution is 7.10. The van der Waals surface area contributed by atoms with Crippen molar-refractivity contribution in [2.75, 3.05) is 6.54 Å². The number of thiophene rings is 1. The standard InChI is InChI=1S/C14H11ClN2O2S/c15-9-3-4-13-10(6-9)11(7-16-13)12(8-17(18)19)14-2-1-5-20-14/h1-7,12,16H,8H2/t12-/m1/s1. The number of nitro groups is 1. The van der Waals surface area contributed by atoms with Crippen molar-refractivity contribution >= 4 is 33.8 Å². The predicted octanol–water partition coefficient (Wildman–Crippen LogP) is 4.29. The predicted molar refractivity (Wildman–Crippen MR) is 81.3 cm³/mol. The molecule has 1 N–H and O–H groups in total. The van der Waals surface area contributed by atoms with Crippen molar-refractivity contribution in [2.45, 2.75) is 5.92 Å². The summed E-state index contributed by atoms with van der Waals surface area (Å²) in [5.74, 6) is -0.253. The van der Waals surface area contributed by atoms with Gasteiger partial charge in [-0.05, 0) is 35.2 Å². The molecule has 2 aromatic heterocycles. The molecule has 0 spiro atoms.